The average Bonchev–Trinajstić information content (AvgIpc) is 2.10. The molecule has 1 atom stereocenters. The summed E-state index contributed by atoms with van der Waals surface area (Å²) in [5.74, 6) is 0.132. The van der Waals surface area contributed by atoms with Gasteiger partial charge in [0, 0.05) is 0 Å². The van der Waals surface area contributed by atoms with Crippen molar-refractivity contribution in [2.24, 2.45) is 5.41 Å². The van der Waals surface area contributed by atoms with Gasteiger partial charge in [0.05, 0.1) is 25.3 Å². The van der Waals surface area contributed by atoms with Crippen molar-refractivity contribution in [3.63, 3.8) is 0 Å². The zero-order valence-electron chi connectivity index (χ0n) is 9.51. The number of carbonyl (C=O) groups is 1. The Balaban J connectivity index is 1.91. The molecule has 4 nitrogen and oxygen atoms in total. The Morgan fingerprint density at radius 3 is 2.73 bits per heavy atom. The van der Waals surface area contributed by atoms with Gasteiger partial charge >= 0.3 is 0 Å². The molecule has 0 radical (unpaired) electrons. The van der Waals surface area contributed by atoms with Gasteiger partial charge < -0.3 is 15.4 Å². The predicted molar refractivity (Wildman–Crippen MR) is 57.6 cm³/mol. The second kappa shape index (κ2) is 4.10. The summed E-state index contributed by atoms with van der Waals surface area (Å²) in [6.07, 6.45) is 2.27. The smallest absolute Gasteiger partial charge is 0.238 e. The molecule has 2 aliphatic rings. The van der Waals surface area contributed by atoms with E-state index in [1.165, 1.54) is 0 Å². The Morgan fingerprint density at radius 2 is 2.20 bits per heavy atom. The first kappa shape index (κ1) is 10.9. The molecule has 0 aromatic rings. The van der Waals surface area contributed by atoms with Crippen LogP contribution in [0.4, 0.5) is 0 Å². The van der Waals surface area contributed by atoms with Gasteiger partial charge in [0.1, 0.15) is 0 Å². The fourth-order valence-corrected chi connectivity index (χ4v) is 2.26. The maximum Gasteiger partial charge on any atom is 0.238 e. The number of ether oxygens (including phenoxy) is 1. The number of hydrogen-bond donors (Lipinski definition) is 2. The molecule has 2 heterocycles. The summed E-state index contributed by atoms with van der Waals surface area (Å²) >= 11 is 0. The number of nitrogens with one attached hydrogen (secondary N) is 2. The molecule has 86 valence electrons. The lowest BCUT2D eigenvalue weighted by Crippen LogP contribution is -2.60. The number of carbonyl (C=O) groups excluding carboxylic acids is 1. The molecule has 0 spiro atoms. The molecule has 15 heavy (non-hydrogen) atoms. The maximum atomic E-state index is 12.0. The van der Waals surface area contributed by atoms with E-state index >= 15 is 0 Å². The second-order valence-electron chi connectivity index (χ2n) is 5.22. The Hall–Kier alpha value is -0.610. The van der Waals surface area contributed by atoms with E-state index in [1.54, 1.807) is 0 Å². The standard InChI is InChI=1S/C11H20N2O2/c1-11(2)4-3-5-12-9(11)10(14)13-8-6-15-7-8/h8-9,12H,3-7H2,1-2H3,(H,13,14). The Labute approximate surface area is 90.8 Å². The lowest BCUT2D eigenvalue weighted by molar-refractivity contribution is -0.130. The summed E-state index contributed by atoms with van der Waals surface area (Å²) < 4.78 is 5.04. The minimum atomic E-state index is -0.0492. The van der Waals surface area contributed by atoms with Crippen LogP contribution in [0.3, 0.4) is 0 Å². The first-order valence-corrected chi connectivity index (χ1v) is 5.71. The van der Waals surface area contributed by atoms with Crippen molar-refractivity contribution in [3.8, 4) is 0 Å². The fourth-order valence-electron chi connectivity index (χ4n) is 2.26. The molecule has 0 aromatic carbocycles. The number of rotatable bonds is 2. The number of piperidine rings is 1. The zero-order valence-corrected chi connectivity index (χ0v) is 9.51. The van der Waals surface area contributed by atoms with Crippen molar-refractivity contribution < 1.29 is 9.53 Å². The quantitative estimate of drug-likeness (QED) is 0.691. The number of hydrogen-bond acceptors (Lipinski definition) is 3. The lowest BCUT2D eigenvalue weighted by atomic mass is 9.77. The monoisotopic (exact) mass is 212 g/mol. The van der Waals surface area contributed by atoms with Crippen molar-refractivity contribution in [1.82, 2.24) is 10.6 Å². The molecule has 2 saturated heterocycles. The van der Waals surface area contributed by atoms with E-state index in [1.807, 2.05) is 0 Å². The van der Waals surface area contributed by atoms with Crippen LogP contribution in [0, 0.1) is 5.41 Å². The third kappa shape index (κ3) is 2.32. The van der Waals surface area contributed by atoms with Crippen LogP contribution in [-0.2, 0) is 9.53 Å². The molecule has 0 saturated carbocycles. The van der Waals surface area contributed by atoms with Crippen molar-refractivity contribution in [1.29, 1.82) is 0 Å². The molecule has 1 unspecified atom stereocenters. The van der Waals surface area contributed by atoms with Crippen LogP contribution < -0.4 is 10.6 Å². The number of amides is 1. The van der Waals surface area contributed by atoms with Crippen LogP contribution in [-0.4, -0.2) is 37.7 Å². The molecule has 4 heteroatoms. The highest BCUT2D eigenvalue weighted by Gasteiger charge is 2.38. The molecular weight excluding hydrogens is 192 g/mol. The van der Waals surface area contributed by atoms with E-state index in [9.17, 15) is 4.79 Å². The topological polar surface area (TPSA) is 50.4 Å². The van der Waals surface area contributed by atoms with Crippen molar-refractivity contribution in [3.05, 3.63) is 0 Å². The van der Waals surface area contributed by atoms with Crippen LogP contribution in [0.5, 0.6) is 0 Å². The summed E-state index contributed by atoms with van der Waals surface area (Å²) in [6, 6.07) is 0.184. The fraction of sp³-hybridized carbons (Fsp3) is 0.909. The summed E-state index contributed by atoms with van der Waals surface area (Å²) in [5, 5.41) is 6.33. The van der Waals surface area contributed by atoms with Crippen LogP contribution in [0.15, 0.2) is 0 Å². The molecule has 0 aliphatic carbocycles. The molecule has 1 amide bonds. The zero-order chi connectivity index (χ0) is 10.9. The van der Waals surface area contributed by atoms with Crippen molar-refractivity contribution >= 4 is 5.91 Å². The van der Waals surface area contributed by atoms with E-state index in [-0.39, 0.29) is 23.4 Å². The summed E-state index contributed by atoms with van der Waals surface area (Å²) in [5.41, 5.74) is 0.0624. The maximum absolute atomic E-state index is 12.0. The third-order valence-corrected chi connectivity index (χ3v) is 3.37. The molecule has 0 bridgehead atoms. The predicted octanol–water partition coefficient (Wildman–Crippen LogP) is 0.280. The van der Waals surface area contributed by atoms with E-state index in [0.29, 0.717) is 13.2 Å². The SMILES string of the molecule is CC1(C)CCCNC1C(=O)NC1COC1. The molecular formula is C11H20N2O2. The molecule has 0 aromatic heterocycles. The average molecular weight is 212 g/mol. The van der Waals surface area contributed by atoms with Crippen molar-refractivity contribution in [2.45, 2.75) is 38.8 Å². The van der Waals surface area contributed by atoms with Crippen LogP contribution in [0.1, 0.15) is 26.7 Å². The van der Waals surface area contributed by atoms with Gasteiger partial charge in [-0.05, 0) is 24.8 Å². The first-order chi connectivity index (χ1) is 7.09. The van der Waals surface area contributed by atoms with E-state index in [4.69, 9.17) is 4.74 Å². The molecule has 2 aliphatic heterocycles. The van der Waals surface area contributed by atoms with Gasteiger partial charge in [-0.25, -0.2) is 0 Å². The largest absolute Gasteiger partial charge is 0.377 e. The van der Waals surface area contributed by atoms with E-state index < -0.39 is 0 Å². The molecule has 2 fully saturated rings. The Bertz CT molecular complexity index is 249. The summed E-state index contributed by atoms with van der Waals surface area (Å²) in [4.78, 5) is 12.0. The van der Waals surface area contributed by atoms with Gasteiger partial charge in [-0.1, -0.05) is 13.8 Å². The molecule has 2 rings (SSSR count). The van der Waals surface area contributed by atoms with Gasteiger partial charge in [0.2, 0.25) is 5.91 Å². The lowest BCUT2D eigenvalue weighted by Gasteiger charge is -2.39. The van der Waals surface area contributed by atoms with E-state index in [0.717, 1.165) is 19.4 Å². The van der Waals surface area contributed by atoms with Crippen molar-refractivity contribution in [2.75, 3.05) is 19.8 Å². The normalized spacial score (nSPS) is 30.7. The van der Waals surface area contributed by atoms with E-state index in [2.05, 4.69) is 24.5 Å². The van der Waals surface area contributed by atoms with Gasteiger partial charge in [0.15, 0.2) is 0 Å². The minimum absolute atomic E-state index is 0.0492. The highest BCUT2D eigenvalue weighted by molar-refractivity contribution is 5.83. The third-order valence-electron chi connectivity index (χ3n) is 3.37. The summed E-state index contributed by atoms with van der Waals surface area (Å²) in [7, 11) is 0. The summed E-state index contributed by atoms with van der Waals surface area (Å²) in [6.45, 7) is 6.59. The Kier molecular flexibility index (Phi) is 2.98. The van der Waals surface area contributed by atoms with Crippen LogP contribution in [0.2, 0.25) is 0 Å². The second-order valence-corrected chi connectivity index (χ2v) is 5.22. The van der Waals surface area contributed by atoms with Crippen LogP contribution >= 0.6 is 0 Å². The van der Waals surface area contributed by atoms with Gasteiger partial charge in [0.25, 0.3) is 0 Å². The van der Waals surface area contributed by atoms with Gasteiger partial charge in [-0.2, -0.15) is 0 Å². The highest BCUT2D eigenvalue weighted by atomic mass is 16.5. The highest BCUT2D eigenvalue weighted by Crippen LogP contribution is 2.30. The van der Waals surface area contributed by atoms with Gasteiger partial charge in [-0.3, -0.25) is 4.79 Å². The van der Waals surface area contributed by atoms with Gasteiger partial charge in [-0.15, -0.1) is 0 Å². The van der Waals surface area contributed by atoms with Crippen LogP contribution in [0.25, 0.3) is 0 Å². The first-order valence-electron chi connectivity index (χ1n) is 5.71. The minimum Gasteiger partial charge on any atom is -0.377 e. The molecule has 2 N–H and O–H groups in total. The Morgan fingerprint density at radius 1 is 1.47 bits per heavy atom.